The van der Waals surface area contributed by atoms with Crippen LogP contribution in [0.3, 0.4) is 0 Å². The molecule has 0 aliphatic heterocycles. The van der Waals surface area contributed by atoms with Crippen LogP contribution in [-0.4, -0.2) is 0 Å². The second kappa shape index (κ2) is 6.11. The molecule has 0 atom stereocenters. The topological polar surface area (TPSA) is 9.23 Å². The van der Waals surface area contributed by atoms with Crippen molar-refractivity contribution in [2.75, 3.05) is 0 Å². The Balaban J connectivity index is 1.76. The summed E-state index contributed by atoms with van der Waals surface area (Å²) >= 11 is 5.91. The maximum atomic E-state index is 6.07. The van der Waals surface area contributed by atoms with Crippen molar-refractivity contribution < 1.29 is 4.74 Å². The van der Waals surface area contributed by atoms with Crippen molar-refractivity contribution in [3.05, 3.63) is 63.7 Å². The molecule has 1 aliphatic carbocycles. The number of hydrogen-bond donors (Lipinski definition) is 0. The average molecular weight is 301 g/mol. The van der Waals surface area contributed by atoms with E-state index >= 15 is 0 Å². The van der Waals surface area contributed by atoms with Crippen molar-refractivity contribution in [2.45, 2.75) is 45.6 Å². The van der Waals surface area contributed by atoms with Gasteiger partial charge in [0.2, 0.25) is 0 Å². The zero-order chi connectivity index (χ0) is 14.8. The van der Waals surface area contributed by atoms with Crippen molar-refractivity contribution in [1.29, 1.82) is 0 Å². The van der Waals surface area contributed by atoms with Crippen molar-refractivity contribution in [3.8, 4) is 5.75 Å². The number of halogens is 1. The van der Waals surface area contributed by atoms with Crippen molar-refractivity contribution in [2.24, 2.45) is 0 Å². The molecule has 0 radical (unpaired) electrons. The highest BCUT2D eigenvalue weighted by Crippen LogP contribution is 2.27. The molecule has 2 heteroatoms. The van der Waals surface area contributed by atoms with Crippen LogP contribution in [0.15, 0.2) is 30.3 Å². The number of fused-ring (bicyclic) bond motifs is 1. The summed E-state index contributed by atoms with van der Waals surface area (Å²) in [5.41, 5.74) is 7.74. The smallest absolute Gasteiger partial charge is 0.125 e. The second-order valence-electron chi connectivity index (χ2n) is 5.94. The fraction of sp³-hybridized carbons (Fsp3) is 0.368. The van der Waals surface area contributed by atoms with Crippen LogP contribution in [-0.2, 0) is 25.3 Å². The van der Waals surface area contributed by atoms with Crippen molar-refractivity contribution in [1.82, 2.24) is 0 Å². The third-order valence-electron chi connectivity index (χ3n) is 4.22. The van der Waals surface area contributed by atoms with Crippen LogP contribution in [0.4, 0.5) is 0 Å². The number of alkyl halides is 1. The Bertz CT molecular complexity index is 638. The number of aryl methyl sites for hydroxylation is 4. The molecule has 0 saturated carbocycles. The molecule has 1 nitrogen and oxygen atoms in total. The molecule has 0 N–H and O–H groups in total. The molecule has 0 amide bonds. The van der Waals surface area contributed by atoms with Crippen LogP contribution < -0.4 is 4.74 Å². The lowest BCUT2D eigenvalue weighted by atomic mass is 10.1. The van der Waals surface area contributed by atoms with Gasteiger partial charge in [-0.2, -0.15) is 0 Å². The van der Waals surface area contributed by atoms with E-state index in [0.29, 0.717) is 12.5 Å². The molecule has 21 heavy (non-hydrogen) atoms. The van der Waals surface area contributed by atoms with Gasteiger partial charge in [-0.3, -0.25) is 0 Å². The van der Waals surface area contributed by atoms with E-state index in [1.54, 1.807) is 0 Å². The maximum absolute atomic E-state index is 6.07. The van der Waals surface area contributed by atoms with Gasteiger partial charge < -0.3 is 4.74 Å². The number of rotatable bonds is 4. The van der Waals surface area contributed by atoms with Crippen molar-refractivity contribution >= 4 is 11.6 Å². The summed E-state index contributed by atoms with van der Waals surface area (Å²) in [6, 6.07) is 11.0. The first kappa shape index (κ1) is 14.5. The normalized spacial score (nSPS) is 13.3. The fourth-order valence-corrected chi connectivity index (χ4v) is 3.37. The predicted molar refractivity (Wildman–Crippen MR) is 88.3 cm³/mol. The summed E-state index contributed by atoms with van der Waals surface area (Å²) in [5, 5.41) is 0. The van der Waals surface area contributed by atoms with Gasteiger partial charge in [0.1, 0.15) is 12.4 Å². The number of hydrogen-bond acceptors (Lipinski definition) is 1. The Hall–Kier alpha value is -1.47. The van der Waals surface area contributed by atoms with E-state index in [9.17, 15) is 0 Å². The molecule has 1 aliphatic rings. The first-order valence-corrected chi connectivity index (χ1v) is 8.10. The number of benzene rings is 2. The molecule has 0 bridgehead atoms. The zero-order valence-electron chi connectivity index (χ0n) is 12.7. The highest BCUT2D eigenvalue weighted by atomic mass is 35.5. The van der Waals surface area contributed by atoms with Gasteiger partial charge in [-0.1, -0.05) is 30.3 Å². The minimum absolute atomic E-state index is 0.548. The minimum Gasteiger partial charge on any atom is -0.488 e. The van der Waals surface area contributed by atoms with E-state index in [-0.39, 0.29) is 0 Å². The fourth-order valence-electron chi connectivity index (χ4n) is 3.22. The molecule has 0 fully saturated rings. The molecule has 0 unspecified atom stereocenters. The third kappa shape index (κ3) is 3.08. The van der Waals surface area contributed by atoms with Crippen LogP contribution in [0.25, 0.3) is 0 Å². The van der Waals surface area contributed by atoms with Crippen LogP contribution in [0, 0.1) is 13.8 Å². The molecule has 2 aromatic rings. The van der Waals surface area contributed by atoms with Gasteiger partial charge in [-0.15, -0.1) is 11.6 Å². The van der Waals surface area contributed by atoms with Gasteiger partial charge in [0.15, 0.2) is 0 Å². The van der Waals surface area contributed by atoms with E-state index in [1.165, 1.54) is 36.0 Å². The summed E-state index contributed by atoms with van der Waals surface area (Å²) in [4.78, 5) is 0. The highest BCUT2D eigenvalue weighted by molar-refractivity contribution is 6.17. The molecule has 0 saturated heterocycles. The van der Waals surface area contributed by atoms with Crippen LogP contribution in [0.2, 0.25) is 0 Å². The Morgan fingerprint density at radius 3 is 2.38 bits per heavy atom. The lowest BCUT2D eigenvalue weighted by molar-refractivity contribution is 0.302. The summed E-state index contributed by atoms with van der Waals surface area (Å²) in [6.07, 6.45) is 3.73. The first-order chi connectivity index (χ1) is 10.2. The first-order valence-electron chi connectivity index (χ1n) is 7.57. The molecule has 0 spiro atoms. The van der Waals surface area contributed by atoms with E-state index in [4.69, 9.17) is 16.3 Å². The largest absolute Gasteiger partial charge is 0.488 e. The summed E-state index contributed by atoms with van der Waals surface area (Å²) in [6.45, 7) is 4.80. The monoisotopic (exact) mass is 300 g/mol. The van der Waals surface area contributed by atoms with Gasteiger partial charge in [-0.05, 0) is 66.5 Å². The van der Waals surface area contributed by atoms with Gasteiger partial charge in [-0.25, -0.2) is 0 Å². The Labute approximate surface area is 131 Å². The van der Waals surface area contributed by atoms with Gasteiger partial charge in [0.05, 0.1) is 0 Å². The van der Waals surface area contributed by atoms with Crippen LogP contribution >= 0.6 is 11.6 Å². The molecule has 0 heterocycles. The minimum atomic E-state index is 0.548. The summed E-state index contributed by atoms with van der Waals surface area (Å²) in [5.74, 6) is 1.54. The van der Waals surface area contributed by atoms with Crippen LogP contribution in [0.1, 0.15) is 39.8 Å². The lowest BCUT2D eigenvalue weighted by Crippen LogP contribution is -2.00. The summed E-state index contributed by atoms with van der Waals surface area (Å²) < 4.78 is 6.07. The second-order valence-corrected chi connectivity index (χ2v) is 6.20. The van der Waals surface area contributed by atoms with E-state index < -0.39 is 0 Å². The van der Waals surface area contributed by atoms with Crippen molar-refractivity contribution in [3.63, 3.8) is 0 Å². The van der Waals surface area contributed by atoms with E-state index in [2.05, 4.69) is 44.2 Å². The average Bonchev–Trinajstić information content (AvgIpc) is 2.93. The predicted octanol–water partition coefficient (Wildman–Crippen LogP) is 5.11. The maximum Gasteiger partial charge on any atom is 0.125 e. The Morgan fingerprint density at radius 1 is 0.952 bits per heavy atom. The Morgan fingerprint density at radius 2 is 1.67 bits per heavy atom. The van der Waals surface area contributed by atoms with E-state index in [0.717, 1.165) is 22.4 Å². The standard InChI is InChI=1S/C19H21ClO/c1-13-8-16(11-20)9-14(2)19(13)21-12-15-6-7-17-4-3-5-18(17)10-15/h6-10H,3-5,11-12H2,1-2H3. The molecule has 3 rings (SSSR count). The SMILES string of the molecule is Cc1cc(CCl)cc(C)c1OCc1ccc2c(c1)CCC2. The highest BCUT2D eigenvalue weighted by Gasteiger charge is 2.12. The van der Waals surface area contributed by atoms with Gasteiger partial charge >= 0.3 is 0 Å². The van der Waals surface area contributed by atoms with Crippen LogP contribution in [0.5, 0.6) is 5.75 Å². The third-order valence-corrected chi connectivity index (χ3v) is 4.53. The zero-order valence-corrected chi connectivity index (χ0v) is 13.5. The van der Waals surface area contributed by atoms with Gasteiger partial charge in [0.25, 0.3) is 0 Å². The molecular weight excluding hydrogens is 280 g/mol. The molecular formula is C19H21ClO. The molecule has 2 aromatic carbocycles. The van der Waals surface area contributed by atoms with E-state index in [1.807, 2.05) is 0 Å². The summed E-state index contributed by atoms with van der Waals surface area (Å²) in [7, 11) is 0. The molecule has 110 valence electrons. The van der Waals surface area contributed by atoms with Gasteiger partial charge in [0, 0.05) is 5.88 Å². The Kier molecular flexibility index (Phi) is 4.21. The molecule has 0 aromatic heterocycles. The lowest BCUT2D eigenvalue weighted by Gasteiger charge is -2.14. The number of ether oxygens (including phenoxy) is 1. The quantitative estimate of drug-likeness (QED) is 0.713.